The molecule has 1 aliphatic carbocycles. The number of esters is 1. The third-order valence-corrected chi connectivity index (χ3v) is 3.86. The quantitative estimate of drug-likeness (QED) is 0.351. The summed E-state index contributed by atoms with van der Waals surface area (Å²) in [7, 11) is 0. The number of carbonyl (C=O) groups is 1. The molecule has 2 unspecified atom stereocenters. The number of benzene rings is 1. The van der Waals surface area contributed by atoms with Gasteiger partial charge in [0.1, 0.15) is 5.76 Å². The molecule has 0 aromatic heterocycles. The average Bonchev–Trinajstić information content (AvgIpc) is 2.60. The average molecular weight is 340 g/mol. The third kappa shape index (κ3) is 5.55. The van der Waals surface area contributed by atoms with Gasteiger partial charge in [-0.05, 0) is 49.1 Å². The van der Waals surface area contributed by atoms with Crippen LogP contribution < -0.4 is 0 Å². The second-order valence-electron chi connectivity index (χ2n) is 6.23. The number of ether oxygens (including phenoxy) is 2. The van der Waals surface area contributed by atoms with Crippen LogP contribution in [0.5, 0.6) is 0 Å². The summed E-state index contributed by atoms with van der Waals surface area (Å²) >= 11 is 0. The smallest absolute Gasteiger partial charge is 0.338 e. The summed E-state index contributed by atoms with van der Waals surface area (Å²) in [5, 5.41) is 9.59. The molecule has 1 aromatic rings. The van der Waals surface area contributed by atoms with Crippen molar-refractivity contribution in [2.45, 2.75) is 39.1 Å². The maximum atomic E-state index is 11.5. The molecule has 0 aliphatic heterocycles. The Morgan fingerprint density at radius 1 is 1.28 bits per heavy atom. The zero-order valence-corrected chi connectivity index (χ0v) is 14.7. The maximum Gasteiger partial charge on any atom is 0.338 e. The SMILES string of the molecule is C=C(C)C(=O)OC1=CCC(c2ccc(COC(O)C(=C)C)cc2)C=C1. The lowest BCUT2D eigenvalue weighted by Gasteiger charge is -2.17. The summed E-state index contributed by atoms with van der Waals surface area (Å²) in [6.07, 6.45) is 5.57. The van der Waals surface area contributed by atoms with Crippen molar-refractivity contribution in [1.82, 2.24) is 0 Å². The Hall–Kier alpha value is -2.43. The first-order valence-corrected chi connectivity index (χ1v) is 8.16. The van der Waals surface area contributed by atoms with Gasteiger partial charge >= 0.3 is 5.97 Å². The summed E-state index contributed by atoms with van der Waals surface area (Å²) in [4.78, 5) is 11.5. The van der Waals surface area contributed by atoms with Crippen LogP contribution in [0.15, 0.2) is 72.6 Å². The highest BCUT2D eigenvalue weighted by Gasteiger charge is 2.14. The predicted molar refractivity (Wildman–Crippen MR) is 97.5 cm³/mol. The fraction of sp³-hybridized carbons (Fsp3) is 0.286. The lowest BCUT2D eigenvalue weighted by molar-refractivity contribution is -0.134. The molecule has 2 atom stereocenters. The molecule has 0 saturated carbocycles. The van der Waals surface area contributed by atoms with E-state index < -0.39 is 12.3 Å². The standard InChI is InChI=1S/C21H24O4/c1-14(2)20(22)24-13-16-5-7-17(8-6-16)18-9-11-19(12-10-18)25-21(23)15(3)4/h5-9,11-12,18,20,22H,1,3,10,13H2,2,4H3. The summed E-state index contributed by atoms with van der Waals surface area (Å²) < 4.78 is 10.5. The number of hydrogen-bond acceptors (Lipinski definition) is 4. The summed E-state index contributed by atoms with van der Waals surface area (Å²) in [6, 6.07) is 8.04. The van der Waals surface area contributed by atoms with Crippen LogP contribution in [0.2, 0.25) is 0 Å². The van der Waals surface area contributed by atoms with E-state index >= 15 is 0 Å². The molecule has 0 spiro atoms. The van der Waals surface area contributed by atoms with Gasteiger partial charge in [0.15, 0.2) is 6.29 Å². The molecule has 25 heavy (non-hydrogen) atoms. The van der Waals surface area contributed by atoms with E-state index in [0.29, 0.717) is 23.5 Å². The molecule has 0 heterocycles. The Labute approximate surface area is 148 Å². The monoisotopic (exact) mass is 340 g/mol. The Kier molecular flexibility index (Phi) is 6.51. The van der Waals surface area contributed by atoms with Crippen molar-refractivity contribution in [1.29, 1.82) is 0 Å². The second-order valence-corrected chi connectivity index (χ2v) is 6.23. The molecule has 1 N–H and O–H groups in total. The van der Waals surface area contributed by atoms with Crippen molar-refractivity contribution in [2.75, 3.05) is 0 Å². The minimum atomic E-state index is -0.938. The van der Waals surface area contributed by atoms with Gasteiger partial charge in [0.25, 0.3) is 0 Å². The zero-order valence-electron chi connectivity index (χ0n) is 14.7. The first kappa shape index (κ1) is 18.9. The summed E-state index contributed by atoms with van der Waals surface area (Å²) in [5.41, 5.74) is 3.11. The topological polar surface area (TPSA) is 55.8 Å². The van der Waals surface area contributed by atoms with E-state index in [1.54, 1.807) is 13.8 Å². The third-order valence-electron chi connectivity index (χ3n) is 3.86. The van der Waals surface area contributed by atoms with Gasteiger partial charge in [0, 0.05) is 11.5 Å². The van der Waals surface area contributed by atoms with Gasteiger partial charge in [-0.3, -0.25) is 0 Å². The van der Waals surface area contributed by atoms with Crippen LogP contribution in [0.25, 0.3) is 0 Å². The van der Waals surface area contributed by atoms with Gasteiger partial charge in [-0.25, -0.2) is 4.79 Å². The highest BCUT2D eigenvalue weighted by molar-refractivity contribution is 5.87. The molecule has 1 aliphatic rings. The number of carbonyl (C=O) groups excluding carboxylic acids is 1. The number of aliphatic hydroxyl groups is 1. The van der Waals surface area contributed by atoms with E-state index in [0.717, 1.165) is 12.0 Å². The molecule has 0 saturated heterocycles. The van der Waals surface area contributed by atoms with Crippen LogP contribution in [-0.2, 0) is 20.9 Å². The van der Waals surface area contributed by atoms with Crippen LogP contribution >= 0.6 is 0 Å². The van der Waals surface area contributed by atoms with E-state index in [1.165, 1.54) is 5.56 Å². The lowest BCUT2D eigenvalue weighted by Crippen LogP contribution is -2.12. The van der Waals surface area contributed by atoms with Crippen LogP contribution in [-0.4, -0.2) is 17.4 Å². The van der Waals surface area contributed by atoms with Crippen molar-refractivity contribution in [2.24, 2.45) is 0 Å². The first-order valence-electron chi connectivity index (χ1n) is 8.16. The van der Waals surface area contributed by atoms with Gasteiger partial charge in [0.2, 0.25) is 0 Å². The Morgan fingerprint density at radius 2 is 1.96 bits per heavy atom. The fourth-order valence-electron chi connectivity index (χ4n) is 2.30. The molecular weight excluding hydrogens is 316 g/mol. The first-order chi connectivity index (χ1) is 11.9. The molecule has 2 rings (SSSR count). The minimum absolute atomic E-state index is 0.239. The molecule has 132 valence electrons. The normalized spacial score (nSPS) is 17.6. The van der Waals surface area contributed by atoms with Gasteiger partial charge < -0.3 is 14.6 Å². The van der Waals surface area contributed by atoms with E-state index in [9.17, 15) is 9.90 Å². The molecule has 1 aromatic carbocycles. The van der Waals surface area contributed by atoms with Crippen LogP contribution in [0.3, 0.4) is 0 Å². The predicted octanol–water partition coefficient (Wildman–Crippen LogP) is 4.14. The van der Waals surface area contributed by atoms with Gasteiger partial charge in [-0.15, -0.1) is 0 Å². The molecule has 0 radical (unpaired) electrons. The van der Waals surface area contributed by atoms with E-state index in [1.807, 2.05) is 42.5 Å². The van der Waals surface area contributed by atoms with Gasteiger partial charge in [-0.1, -0.05) is 43.5 Å². The molecule has 0 bridgehead atoms. The highest BCUT2D eigenvalue weighted by atomic mass is 16.6. The second kappa shape index (κ2) is 8.60. The van der Waals surface area contributed by atoms with E-state index in [4.69, 9.17) is 9.47 Å². The molecule has 4 heteroatoms. The minimum Gasteiger partial charge on any atom is -0.424 e. The molecule has 4 nitrogen and oxygen atoms in total. The van der Waals surface area contributed by atoms with Crippen molar-refractivity contribution in [3.63, 3.8) is 0 Å². The largest absolute Gasteiger partial charge is 0.424 e. The van der Waals surface area contributed by atoms with Crippen LogP contribution in [0.1, 0.15) is 37.3 Å². The maximum absolute atomic E-state index is 11.5. The molecule has 0 fully saturated rings. The summed E-state index contributed by atoms with van der Waals surface area (Å²) in [5.74, 6) is 0.391. The number of rotatable bonds is 7. The number of allylic oxidation sites excluding steroid dienone is 3. The van der Waals surface area contributed by atoms with E-state index in [2.05, 4.69) is 13.2 Å². The number of hydrogen-bond donors (Lipinski definition) is 1. The van der Waals surface area contributed by atoms with E-state index in [-0.39, 0.29) is 5.92 Å². The van der Waals surface area contributed by atoms with Crippen molar-refractivity contribution < 1.29 is 19.4 Å². The highest BCUT2D eigenvalue weighted by Crippen LogP contribution is 2.27. The fourth-order valence-corrected chi connectivity index (χ4v) is 2.30. The lowest BCUT2D eigenvalue weighted by atomic mass is 9.91. The molecule has 0 amide bonds. The van der Waals surface area contributed by atoms with Gasteiger partial charge in [0.05, 0.1) is 6.61 Å². The Bertz CT molecular complexity index is 710. The van der Waals surface area contributed by atoms with Gasteiger partial charge in [-0.2, -0.15) is 0 Å². The van der Waals surface area contributed by atoms with Crippen molar-refractivity contribution >= 4 is 5.97 Å². The van der Waals surface area contributed by atoms with Crippen LogP contribution in [0, 0.1) is 0 Å². The van der Waals surface area contributed by atoms with Crippen LogP contribution in [0.4, 0.5) is 0 Å². The number of aliphatic hydroxyl groups excluding tert-OH is 1. The van der Waals surface area contributed by atoms with Crippen molar-refractivity contribution in [3.05, 3.63) is 83.7 Å². The zero-order chi connectivity index (χ0) is 18.4. The Morgan fingerprint density at radius 3 is 2.48 bits per heavy atom. The molecular formula is C21H24O4. The van der Waals surface area contributed by atoms with Crippen molar-refractivity contribution in [3.8, 4) is 0 Å². The summed E-state index contributed by atoms with van der Waals surface area (Å²) in [6.45, 7) is 10.9. The Balaban J connectivity index is 1.90.